The third kappa shape index (κ3) is 3.04. The topological polar surface area (TPSA) is 28.7 Å². The largest absolute Gasteiger partial charge is 0.342 e. The van der Waals surface area contributed by atoms with Crippen molar-refractivity contribution in [3.05, 3.63) is 90.8 Å². The van der Waals surface area contributed by atoms with E-state index in [4.69, 9.17) is 4.98 Å². The van der Waals surface area contributed by atoms with Gasteiger partial charge in [0.15, 0.2) is 0 Å². The monoisotopic (exact) mass is 316 g/mol. The summed E-state index contributed by atoms with van der Waals surface area (Å²) in [4.78, 5) is 8.23. The van der Waals surface area contributed by atoms with Gasteiger partial charge < -0.3 is 4.98 Å². The normalized spacial score (nSPS) is 11.2. The summed E-state index contributed by atoms with van der Waals surface area (Å²) in [6.07, 6.45) is 0.929. The first kappa shape index (κ1) is 14.2. The van der Waals surface area contributed by atoms with Gasteiger partial charge in [0.2, 0.25) is 0 Å². The van der Waals surface area contributed by atoms with E-state index in [-0.39, 0.29) is 0 Å². The zero-order valence-corrected chi connectivity index (χ0v) is 13.6. The maximum Gasteiger partial charge on any atom is 0.112 e. The molecule has 0 saturated carbocycles. The Morgan fingerprint density at radius 1 is 0.696 bits per heavy atom. The van der Waals surface area contributed by atoms with Crippen LogP contribution < -0.4 is 10.6 Å². The van der Waals surface area contributed by atoms with E-state index in [1.165, 1.54) is 10.6 Å². The number of rotatable bonds is 4. The van der Waals surface area contributed by atoms with Crippen LogP contribution in [-0.4, -0.2) is 9.97 Å². The van der Waals surface area contributed by atoms with E-state index in [1.807, 2.05) is 12.1 Å². The fourth-order valence-electron chi connectivity index (χ4n) is 2.78. The van der Waals surface area contributed by atoms with Gasteiger partial charge in [-0.1, -0.05) is 72.8 Å². The molecule has 4 rings (SSSR count). The lowest BCUT2D eigenvalue weighted by Gasteiger charge is -2.17. The molecule has 112 valence electrons. The zero-order chi connectivity index (χ0) is 15.5. The Kier molecular flexibility index (Phi) is 3.92. The summed E-state index contributed by atoms with van der Waals surface area (Å²) in [7, 11) is -0.458. The van der Waals surface area contributed by atoms with Gasteiger partial charge in [-0.25, -0.2) is 4.98 Å². The summed E-state index contributed by atoms with van der Waals surface area (Å²) in [5.41, 5.74) is 2.15. The Labute approximate surface area is 137 Å². The number of nitrogens with zero attached hydrogens (tertiary/aromatic N) is 1. The SMILES string of the molecule is c1ccc(P(Cc2nc3ccccc3[nH]2)c2ccccc2)cc1. The van der Waals surface area contributed by atoms with Crippen molar-refractivity contribution >= 4 is 29.6 Å². The molecule has 23 heavy (non-hydrogen) atoms. The summed E-state index contributed by atoms with van der Waals surface area (Å²) in [6.45, 7) is 0. The number of fused-ring (bicyclic) bond motifs is 1. The molecule has 0 saturated heterocycles. The lowest BCUT2D eigenvalue weighted by molar-refractivity contribution is 1.14. The Morgan fingerprint density at radius 2 is 1.26 bits per heavy atom. The standard InChI is InChI=1S/C20H17N2P/c1-3-9-16(10-4-1)23(17-11-5-2-6-12-17)15-20-21-18-13-7-8-14-19(18)22-20/h1-14H,15H2,(H,21,22). The highest BCUT2D eigenvalue weighted by Crippen LogP contribution is 2.37. The summed E-state index contributed by atoms with van der Waals surface area (Å²) in [6, 6.07) is 29.7. The number of aromatic amines is 1. The Hall–Kier alpha value is -2.44. The van der Waals surface area contributed by atoms with Gasteiger partial charge in [0.05, 0.1) is 11.0 Å². The molecular weight excluding hydrogens is 299 g/mol. The van der Waals surface area contributed by atoms with E-state index in [1.54, 1.807) is 0 Å². The van der Waals surface area contributed by atoms with Gasteiger partial charge in [0, 0.05) is 6.16 Å². The number of aromatic nitrogens is 2. The molecule has 1 aromatic heterocycles. The molecule has 0 spiro atoms. The highest BCUT2D eigenvalue weighted by molar-refractivity contribution is 7.72. The maximum absolute atomic E-state index is 4.76. The molecule has 2 nitrogen and oxygen atoms in total. The number of hydrogen-bond acceptors (Lipinski definition) is 1. The first-order chi connectivity index (χ1) is 11.4. The second-order valence-electron chi connectivity index (χ2n) is 5.46. The number of imidazole rings is 1. The summed E-state index contributed by atoms with van der Waals surface area (Å²) in [5.74, 6) is 1.06. The summed E-state index contributed by atoms with van der Waals surface area (Å²) >= 11 is 0. The van der Waals surface area contributed by atoms with Crippen molar-refractivity contribution in [2.24, 2.45) is 0 Å². The summed E-state index contributed by atoms with van der Waals surface area (Å²) < 4.78 is 0. The molecule has 0 fully saturated rings. The molecule has 0 aliphatic carbocycles. The van der Waals surface area contributed by atoms with Crippen LogP contribution in [0.1, 0.15) is 5.82 Å². The first-order valence-corrected chi connectivity index (χ1v) is 9.24. The van der Waals surface area contributed by atoms with E-state index < -0.39 is 7.92 Å². The lowest BCUT2D eigenvalue weighted by atomic mass is 10.3. The van der Waals surface area contributed by atoms with E-state index in [0.29, 0.717) is 0 Å². The third-order valence-electron chi connectivity index (χ3n) is 3.88. The van der Waals surface area contributed by atoms with Crippen molar-refractivity contribution < 1.29 is 0 Å². The van der Waals surface area contributed by atoms with Gasteiger partial charge in [-0.15, -0.1) is 0 Å². The maximum atomic E-state index is 4.76. The van der Waals surface area contributed by atoms with Crippen molar-refractivity contribution in [1.82, 2.24) is 9.97 Å². The molecule has 1 N–H and O–H groups in total. The molecule has 1 heterocycles. The van der Waals surface area contributed by atoms with Crippen molar-refractivity contribution in [3.63, 3.8) is 0 Å². The van der Waals surface area contributed by atoms with Crippen LogP contribution in [0.3, 0.4) is 0 Å². The van der Waals surface area contributed by atoms with Gasteiger partial charge >= 0.3 is 0 Å². The molecule has 0 amide bonds. The smallest absolute Gasteiger partial charge is 0.112 e. The predicted molar refractivity (Wildman–Crippen MR) is 98.9 cm³/mol. The van der Waals surface area contributed by atoms with E-state index >= 15 is 0 Å². The minimum absolute atomic E-state index is 0.458. The van der Waals surface area contributed by atoms with Crippen LogP contribution in [0.5, 0.6) is 0 Å². The molecule has 0 unspecified atom stereocenters. The third-order valence-corrected chi connectivity index (χ3v) is 6.34. The van der Waals surface area contributed by atoms with Gasteiger partial charge in [0.25, 0.3) is 0 Å². The van der Waals surface area contributed by atoms with Gasteiger partial charge in [-0.3, -0.25) is 0 Å². The minimum atomic E-state index is -0.458. The van der Waals surface area contributed by atoms with Gasteiger partial charge in [0.1, 0.15) is 5.82 Å². The van der Waals surface area contributed by atoms with Crippen molar-refractivity contribution in [3.8, 4) is 0 Å². The molecule has 0 aliphatic rings. The number of para-hydroxylation sites is 2. The number of H-pyrrole nitrogens is 1. The molecule has 0 bridgehead atoms. The van der Waals surface area contributed by atoms with Crippen molar-refractivity contribution in [2.75, 3.05) is 0 Å². The van der Waals surface area contributed by atoms with Crippen LogP contribution in [0, 0.1) is 0 Å². The highest BCUT2D eigenvalue weighted by Gasteiger charge is 2.16. The number of hydrogen-bond donors (Lipinski definition) is 1. The molecule has 3 aromatic carbocycles. The van der Waals surface area contributed by atoms with Crippen LogP contribution in [0.2, 0.25) is 0 Å². The minimum Gasteiger partial charge on any atom is -0.342 e. The molecule has 3 heteroatoms. The number of benzene rings is 3. The van der Waals surface area contributed by atoms with Crippen molar-refractivity contribution in [2.45, 2.75) is 6.16 Å². The van der Waals surface area contributed by atoms with Crippen LogP contribution in [0.15, 0.2) is 84.9 Å². The van der Waals surface area contributed by atoms with Gasteiger partial charge in [-0.2, -0.15) is 0 Å². The first-order valence-electron chi connectivity index (χ1n) is 7.71. The second-order valence-corrected chi connectivity index (χ2v) is 7.66. The van der Waals surface area contributed by atoms with E-state index in [0.717, 1.165) is 23.0 Å². The number of nitrogens with one attached hydrogen (secondary N) is 1. The van der Waals surface area contributed by atoms with Crippen LogP contribution >= 0.6 is 7.92 Å². The molecule has 0 aliphatic heterocycles. The van der Waals surface area contributed by atoms with Crippen LogP contribution in [-0.2, 0) is 6.16 Å². The lowest BCUT2D eigenvalue weighted by Crippen LogP contribution is -2.13. The Morgan fingerprint density at radius 3 is 1.87 bits per heavy atom. The fourth-order valence-corrected chi connectivity index (χ4v) is 4.95. The second kappa shape index (κ2) is 6.36. The Bertz CT molecular complexity index is 828. The molecular formula is C20H17N2P. The predicted octanol–water partition coefficient (Wildman–Crippen LogP) is 4.20. The average Bonchev–Trinajstić information content (AvgIpc) is 3.04. The fraction of sp³-hybridized carbons (Fsp3) is 0.0500. The van der Waals surface area contributed by atoms with E-state index in [2.05, 4.69) is 77.8 Å². The van der Waals surface area contributed by atoms with Gasteiger partial charge in [-0.05, 0) is 30.7 Å². The quantitative estimate of drug-likeness (QED) is 0.562. The molecule has 4 aromatic rings. The zero-order valence-electron chi connectivity index (χ0n) is 12.7. The van der Waals surface area contributed by atoms with E-state index in [9.17, 15) is 0 Å². The van der Waals surface area contributed by atoms with Crippen LogP contribution in [0.25, 0.3) is 11.0 Å². The van der Waals surface area contributed by atoms with Crippen LogP contribution in [0.4, 0.5) is 0 Å². The average molecular weight is 316 g/mol. The van der Waals surface area contributed by atoms with Crippen molar-refractivity contribution in [1.29, 1.82) is 0 Å². The highest BCUT2D eigenvalue weighted by atomic mass is 31.1. The molecule has 0 atom stereocenters. The Balaban J connectivity index is 1.73. The molecule has 0 radical (unpaired) electrons. The summed E-state index contributed by atoms with van der Waals surface area (Å²) in [5, 5.41) is 2.77.